The summed E-state index contributed by atoms with van der Waals surface area (Å²) >= 11 is 0. The number of nitrogens with zero attached hydrogens (tertiary/aromatic N) is 1. The van der Waals surface area contributed by atoms with Crippen LogP contribution in [-0.4, -0.2) is 43.5 Å². The Bertz CT molecular complexity index is 887. The normalized spacial score (nSPS) is 18.6. The first kappa shape index (κ1) is 21.6. The van der Waals surface area contributed by atoms with Crippen LogP contribution in [0.4, 0.5) is 4.39 Å². The number of benzene rings is 2. The van der Waals surface area contributed by atoms with Crippen LogP contribution >= 0.6 is 0 Å². The number of hydrogen-bond donors (Lipinski definition) is 1. The van der Waals surface area contributed by atoms with Gasteiger partial charge in [0.05, 0.1) is 12.5 Å². The SMILES string of the molecule is COc1ccc(OCC(=O)N2CCC[C@@](C)(C(=O)NCc3cccc(F)c3)C2)cc1. The van der Waals surface area contributed by atoms with Crippen LogP contribution in [-0.2, 0) is 16.1 Å². The minimum Gasteiger partial charge on any atom is -0.497 e. The summed E-state index contributed by atoms with van der Waals surface area (Å²) in [6, 6.07) is 13.2. The minimum absolute atomic E-state index is 0.0900. The Hall–Kier alpha value is -3.09. The van der Waals surface area contributed by atoms with Crippen molar-refractivity contribution in [1.82, 2.24) is 10.2 Å². The number of likely N-dealkylation sites (tertiary alicyclic amines) is 1. The molecule has 1 fully saturated rings. The number of methoxy groups -OCH3 is 1. The molecular weight excluding hydrogens is 387 g/mol. The highest BCUT2D eigenvalue weighted by Gasteiger charge is 2.39. The van der Waals surface area contributed by atoms with Crippen molar-refractivity contribution in [3.8, 4) is 11.5 Å². The molecule has 2 aromatic rings. The summed E-state index contributed by atoms with van der Waals surface area (Å²) in [5.74, 6) is 0.663. The van der Waals surface area contributed by atoms with Gasteiger partial charge in [0.15, 0.2) is 6.61 Å². The first-order valence-corrected chi connectivity index (χ1v) is 9.97. The summed E-state index contributed by atoms with van der Waals surface area (Å²) in [7, 11) is 1.58. The Morgan fingerprint density at radius 3 is 2.60 bits per heavy atom. The van der Waals surface area contributed by atoms with Crippen LogP contribution in [0.3, 0.4) is 0 Å². The molecule has 0 aromatic heterocycles. The molecule has 1 heterocycles. The third-order valence-electron chi connectivity index (χ3n) is 5.36. The Kier molecular flexibility index (Phi) is 6.92. The molecule has 2 amide bonds. The second-order valence-corrected chi connectivity index (χ2v) is 7.76. The molecular formula is C23H27FN2O4. The molecule has 7 heteroatoms. The fraction of sp³-hybridized carbons (Fsp3) is 0.391. The van der Waals surface area contributed by atoms with Crippen molar-refractivity contribution in [2.45, 2.75) is 26.3 Å². The molecule has 6 nitrogen and oxygen atoms in total. The van der Waals surface area contributed by atoms with Gasteiger partial charge in [-0.05, 0) is 61.7 Å². The first-order chi connectivity index (χ1) is 14.4. The molecule has 1 saturated heterocycles. The maximum atomic E-state index is 13.3. The number of carbonyl (C=O) groups is 2. The van der Waals surface area contributed by atoms with Gasteiger partial charge in [-0.3, -0.25) is 9.59 Å². The summed E-state index contributed by atoms with van der Waals surface area (Å²) in [6.45, 7) is 2.94. The summed E-state index contributed by atoms with van der Waals surface area (Å²) < 4.78 is 24.0. The lowest BCUT2D eigenvalue weighted by molar-refractivity contribution is -0.142. The molecule has 1 aliphatic rings. The molecule has 0 spiro atoms. The van der Waals surface area contributed by atoms with E-state index in [4.69, 9.17) is 9.47 Å². The minimum atomic E-state index is -0.693. The third kappa shape index (κ3) is 5.49. The molecule has 160 valence electrons. The molecule has 0 unspecified atom stereocenters. The zero-order chi connectivity index (χ0) is 21.6. The number of carbonyl (C=O) groups excluding carboxylic acids is 2. The molecule has 0 aliphatic carbocycles. The van der Waals surface area contributed by atoms with E-state index in [9.17, 15) is 14.0 Å². The van der Waals surface area contributed by atoms with Gasteiger partial charge < -0.3 is 19.7 Å². The highest BCUT2D eigenvalue weighted by atomic mass is 19.1. The second kappa shape index (κ2) is 9.61. The van der Waals surface area contributed by atoms with Gasteiger partial charge >= 0.3 is 0 Å². The van der Waals surface area contributed by atoms with Gasteiger partial charge in [-0.15, -0.1) is 0 Å². The van der Waals surface area contributed by atoms with Gasteiger partial charge in [-0.2, -0.15) is 0 Å². The number of halogens is 1. The van der Waals surface area contributed by atoms with E-state index in [1.807, 2.05) is 6.92 Å². The fourth-order valence-corrected chi connectivity index (χ4v) is 3.59. The largest absolute Gasteiger partial charge is 0.497 e. The Morgan fingerprint density at radius 1 is 1.17 bits per heavy atom. The topological polar surface area (TPSA) is 67.9 Å². The maximum Gasteiger partial charge on any atom is 0.260 e. The number of ether oxygens (including phenoxy) is 2. The maximum absolute atomic E-state index is 13.3. The molecule has 1 atom stereocenters. The van der Waals surface area contributed by atoms with Crippen LogP contribution in [0, 0.1) is 11.2 Å². The van der Waals surface area contributed by atoms with Gasteiger partial charge in [0.25, 0.3) is 5.91 Å². The number of piperidine rings is 1. The fourth-order valence-electron chi connectivity index (χ4n) is 3.59. The smallest absolute Gasteiger partial charge is 0.260 e. The Labute approximate surface area is 176 Å². The van der Waals surface area contributed by atoms with Crippen molar-refractivity contribution >= 4 is 11.8 Å². The van der Waals surface area contributed by atoms with Crippen molar-refractivity contribution in [1.29, 1.82) is 0 Å². The van der Waals surface area contributed by atoms with E-state index in [2.05, 4.69) is 5.32 Å². The van der Waals surface area contributed by atoms with Gasteiger partial charge in [0.1, 0.15) is 17.3 Å². The lowest BCUT2D eigenvalue weighted by Gasteiger charge is -2.39. The average Bonchev–Trinajstić information content (AvgIpc) is 2.76. The second-order valence-electron chi connectivity index (χ2n) is 7.76. The van der Waals surface area contributed by atoms with E-state index >= 15 is 0 Å². The summed E-state index contributed by atoms with van der Waals surface area (Å²) in [5, 5.41) is 2.88. The number of amides is 2. The van der Waals surface area contributed by atoms with E-state index in [-0.39, 0.29) is 30.8 Å². The van der Waals surface area contributed by atoms with Gasteiger partial charge in [-0.25, -0.2) is 4.39 Å². The Morgan fingerprint density at radius 2 is 1.90 bits per heavy atom. The molecule has 0 radical (unpaired) electrons. The highest BCUT2D eigenvalue weighted by Crippen LogP contribution is 2.30. The predicted octanol–water partition coefficient (Wildman–Crippen LogP) is 3.16. The summed E-state index contributed by atoms with van der Waals surface area (Å²) in [4.78, 5) is 27.1. The molecule has 0 saturated carbocycles. The number of nitrogens with one attached hydrogen (secondary N) is 1. The molecule has 3 rings (SSSR count). The molecule has 1 N–H and O–H groups in total. The van der Waals surface area contributed by atoms with Crippen LogP contribution in [0.25, 0.3) is 0 Å². The summed E-state index contributed by atoms with van der Waals surface area (Å²) in [5.41, 5.74) is 0.00466. The van der Waals surface area contributed by atoms with Crippen LogP contribution in [0.2, 0.25) is 0 Å². The van der Waals surface area contributed by atoms with Crippen LogP contribution < -0.4 is 14.8 Å². The zero-order valence-electron chi connectivity index (χ0n) is 17.3. The predicted molar refractivity (Wildman–Crippen MR) is 111 cm³/mol. The third-order valence-corrected chi connectivity index (χ3v) is 5.36. The number of rotatable bonds is 7. The molecule has 1 aliphatic heterocycles. The number of hydrogen-bond acceptors (Lipinski definition) is 4. The van der Waals surface area contributed by atoms with E-state index in [1.165, 1.54) is 12.1 Å². The Balaban J connectivity index is 1.53. The van der Waals surface area contributed by atoms with E-state index in [0.29, 0.717) is 36.6 Å². The van der Waals surface area contributed by atoms with Gasteiger partial charge in [0.2, 0.25) is 5.91 Å². The van der Waals surface area contributed by atoms with Gasteiger partial charge in [0, 0.05) is 19.6 Å². The van der Waals surface area contributed by atoms with Crippen LogP contribution in [0.1, 0.15) is 25.3 Å². The lowest BCUT2D eigenvalue weighted by Crippen LogP contribution is -2.52. The van der Waals surface area contributed by atoms with Crippen LogP contribution in [0.15, 0.2) is 48.5 Å². The van der Waals surface area contributed by atoms with Gasteiger partial charge in [-0.1, -0.05) is 12.1 Å². The van der Waals surface area contributed by atoms with Crippen molar-refractivity contribution in [3.63, 3.8) is 0 Å². The lowest BCUT2D eigenvalue weighted by atomic mass is 9.81. The molecule has 2 aromatic carbocycles. The van der Waals surface area contributed by atoms with Crippen molar-refractivity contribution < 1.29 is 23.5 Å². The zero-order valence-corrected chi connectivity index (χ0v) is 17.3. The first-order valence-electron chi connectivity index (χ1n) is 9.97. The monoisotopic (exact) mass is 414 g/mol. The van der Waals surface area contributed by atoms with E-state index < -0.39 is 5.41 Å². The van der Waals surface area contributed by atoms with E-state index in [1.54, 1.807) is 48.4 Å². The van der Waals surface area contributed by atoms with Crippen LogP contribution in [0.5, 0.6) is 11.5 Å². The van der Waals surface area contributed by atoms with Crippen molar-refractivity contribution in [3.05, 3.63) is 59.9 Å². The van der Waals surface area contributed by atoms with Crippen molar-refractivity contribution in [2.75, 3.05) is 26.8 Å². The standard InChI is InChI=1S/C23H27FN2O4/c1-23(22(28)25-14-17-5-3-6-18(24)13-17)11-4-12-26(16-23)21(27)15-30-20-9-7-19(29-2)8-10-20/h3,5-10,13H,4,11-12,14-16H2,1-2H3,(H,25,28)/t23-/m1/s1. The van der Waals surface area contributed by atoms with E-state index in [0.717, 1.165) is 6.42 Å². The highest BCUT2D eigenvalue weighted by molar-refractivity contribution is 5.84. The average molecular weight is 414 g/mol. The molecule has 0 bridgehead atoms. The molecule has 30 heavy (non-hydrogen) atoms. The quantitative estimate of drug-likeness (QED) is 0.756. The summed E-state index contributed by atoms with van der Waals surface area (Å²) in [6.07, 6.45) is 1.42. The van der Waals surface area contributed by atoms with Crippen molar-refractivity contribution in [2.24, 2.45) is 5.41 Å².